The molecule has 102 valence electrons. The zero-order valence-corrected chi connectivity index (χ0v) is 11.9. The summed E-state index contributed by atoms with van der Waals surface area (Å²) in [6.45, 7) is 6.33. The fourth-order valence-corrected chi connectivity index (χ4v) is 1.90. The van der Waals surface area contributed by atoms with Crippen LogP contribution in [0.4, 0.5) is 0 Å². The highest BCUT2D eigenvalue weighted by molar-refractivity contribution is 5.81. The van der Waals surface area contributed by atoms with Crippen molar-refractivity contribution >= 4 is 5.91 Å². The van der Waals surface area contributed by atoms with Gasteiger partial charge in [-0.3, -0.25) is 4.79 Å². The van der Waals surface area contributed by atoms with Gasteiger partial charge in [-0.15, -0.1) is 0 Å². The minimum Gasteiger partial charge on any atom is -0.355 e. The summed E-state index contributed by atoms with van der Waals surface area (Å²) in [5.74, 6) is -0.757. The Hall–Kier alpha value is -1.82. The molecule has 0 aliphatic rings. The minimum atomic E-state index is -0.593. The summed E-state index contributed by atoms with van der Waals surface area (Å²) in [4.78, 5) is 11.9. The second-order valence-corrected chi connectivity index (χ2v) is 5.81. The molecule has 0 unspecified atom stereocenters. The number of carbonyl (C=O) groups is 1. The molecule has 0 saturated carbocycles. The van der Waals surface area contributed by atoms with Crippen molar-refractivity contribution in [2.24, 2.45) is 11.3 Å². The van der Waals surface area contributed by atoms with Gasteiger partial charge in [-0.25, -0.2) is 0 Å². The van der Waals surface area contributed by atoms with Gasteiger partial charge in [0.25, 0.3) is 0 Å². The number of rotatable bonds is 5. The molecule has 0 aromatic heterocycles. The molecule has 0 fully saturated rings. The van der Waals surface area contributed by atoms with Crippen LogP contribution in [0.2, 0.25) is 0 Å². The summed E-state index contributed by atoms with van der Waals surface area (Å²) in [7, 11) is 0. The van der Waals surface area contributed by atoms with E-state index in [1.165, 1.54) is 5.56 Å². The summed E-state index contributed by atoms with van der Waals surface area (Å²) >= 11 is 0. The molecule has 0 heterocycles. The quantitative estimate of drug-likeness (QED) is 0.826. The Balaban J connectivity index is 2.33. The van der Waals surface area contributed by atoms with E-state index in [2.05, 4.69) is 23.5 Å². The van der Waals surface area contributed by atoms with Crippen molar-refractivity contribution in [3.63, 3.8) is 0 Å². The van der Waals surface area contributed by atoms with Gasteiger partial charge in [0.05, 0.1) is 6.07 Å². The lowest BCUT2D eigenvalue weighted by molar-refractivity contribution is -0.125. The Morgan fingerprint density at radius 3 is 2.47 bits per heavy atom. The molecule has 3 heteroatoms. The Bertz CT molecular complexity index is 440. The van der Waals surface area contributed by atoms with Crippen molar-refractivity contribution in [2.75, 3.05) is 6.54 Å². The number of hydrogen-bond donors (Lipinski definition) is 1. The molecule has 0 aliphatic carbocycles. The van der Waals surface area contributed by atoms with Crippen LogP contribution < -0.4 is 5.32 Å². The van der Waals surface area contributed by atoms with Crippen LogP contribution in [0.3, 0.4) is 0 Å². The molecule has 1 N–H and O–H groups in total. The van der Waals surface area contributed by atoms with Gasteiger partial charge in [0.1, 0.15) is 5.92 Å². The predicted molar refractivity (Wildman–Crippen MR) is 76.3 cm³/mol. The second-order valence-electron chi connectivity index (χ2n) is 5.81. The molecule has 3 nitrogen and oxygen atoms in total. The first kappa shape index (κ1) is 15.2. The largest absolute Gasteiger partial charge is 0.355 e. The average molecular weight is 258 g/mol. The standard InChI is InChI=1S/C16H22N2O/c1-16(2,3)14(12-17)15(19)18-11-7-10-13-8-5-4-6-9-13/h4-6,8-9,14H,7,10-11H2,1-3H3,(H,18,19)/t14-/m1/s1. The van der Waals surface area contributed by atoms with E-state index < -0.39 is 5.92 Å². The van der Waals surface area contributed by atoms with Gasteiger partial charge in [-0.2, -0.15) is 5.26 Å². The molecule has 1 rings (SSSR count). The van der Waals surface area contributed by atoms with Gasteiger partial charge in [0, 0.05) is 6.54 Å². The maximum absolute atomic E-state index is 11.9. The van der Waals surface area contributed by atoms with Gasteiger partial charge in [-0.05, 0) is 23.8 Å². The van der Waals surface area contributed by atoms with Crippen LogP contribution in [-0.2, 0) is 11.2 Å². The fraction of sp³-hybridized carbons (Fsp3) is 0.500. The molecule has 1 amide bonds. The Morgan fingerprint density at radius 2 is 1.95 bits per heavy atom. The monoisotopic (exact) mass is 258 g/mol. The minimum absolute atomic E-state index is 0.164. The van der Waals surface area contributed by atoms with E-state index in [4.69, 9.17) is 5.26 Å². The summed E-state index contributed by atoms with van der Waals surface area (Å²) in [5.41, 5.74) is 0.947. The number of aryl methyl sites for hydroxylation is 1. The zero-order valence-electron chi connectivity index (χ0n) is 11.9. The van der Waals surface area contributed by atoms with Crippen LogP contribution in [0, 0.1) is 22.7 Å². The van der Waals surface area contributed by atoms with Crippen molar-refractivity contribution < 1.29 is 4.79 Å². The average Bonchev–Trinajstić information content (AvgIpc) is 2.35. The third kappa shape index (κ3) is 5.13. The normalized spacial score (nSPS) is 12.5. The third-order valence-corrected chi connectivity index (χ3v) is 3.04. The van der Waals surface area contributed by atoms with E-state index in [9.17, 15) is 4.79 Å². The van der Waals surface area contributed by atoms with Crippen molar-refractivity contribution in [2.45, 2.75) is 33.6 Å². The van der Waals surface area contributed by atoms with Gasteiger partial charge < -0.3 is 5.32 Å². The topological polar surface area (TPSA) is 52.9 Å². The third-order valence-electron chi connectivity index (χ3n) is 3.04. The fourth-order valence-electron chi connectivity index (χ4n) is 1.90. The maximum Gasteiger partial charge on any atom is 0.237 e. The number of nitrogens with zero attached hydrogens (tertiary/aromatic N) is 1. The van der Waals surface area contributed by atoms with E-state index in [-0.39, 0.29) is 11.3 Å². The molecule has 1 aromatic rings. The van der Waals surface area contributed by atoms with E-state index in [1.807, 2.05) is 39.0 Å². The smallest absolute Gasteiger partial charge is 0.237 e. The molecule has 0 aliphatic heterocycles. The lowest BCUT2D eigenvalue weighted by Crippen LogP contribution is -2.37. The summed E-state index contributed by atoms with van der Waals surface area (Å²) in [6.07, 6.45) is 1.83. The van der Waals surface area contributed by atoms with Crippen LogP contribution >= 0.6 is 0 Å². The van der Waals surface area contributed by atoms with Gasteiger partial charge in [-0.1, -0.05) is 51.1 Å². The lowest BCUT2D eigenvalue weighted by atomic mass is 9.81. The second kappa shape index (κ2) is 6.94. The number of benzene rings is 1. The molecule has 0 radical (unpaired) electrons. The van der Waals surface area contributed by atoms with Gasteiger partial charge >= 0.3 is 0 Å². The van der Waals surface area contributed by atoms with Crippen LogP contribution in [0.15, 0.2) is 30.3 Å². The highest BCUT2D eigenvalue weighted by Crippen LogP contribution is 2.25. The lowest BCUT2D eigenvalue weighted by Gasteiger charge is -2.23. The molecule has 1 aromatic carbocycles. The van der Waals surface area contributed by atoms with E-state index in [0.29, 0.717) is 6.54 Å². The molecular formula is C16H22N2O. The maximum atomic E-state index is 11.9. The number of nitrogens with one attached hydrogen (secondary N) is 1. The number of carbonyl (C=O) groups excluding carboxylic acids is 1. The Labute approximate surface area is 115 Å². The molecule has 1 atom stereocenters. The van der Waals surface area contributed by atoms with Gasteiger partial charge in [0.15, 0.2) is 0 Å². The van der Waals surface area contributed by atoms with Crippen LogP contribution in [0.5, 0.6) is 0 Å². The summed E-state index contributed by atoms with van der Waals surface area (Å²) < 4.78 is 0. The van der Waals surface area contributed by atoms with Crippen molar-refractivity contribution in [3.05, 3.63) is 35.9 Å². The predicted octanol–water partition coefficient (Wildman–Crippen LogP) is 2.92. The van der Waals surface area contributed by atoms with Crippen LogP contribution in [0.1, 0.15) is 32.8 Å². The Morgan fingerprint density at radius 1 is 1.32 bits per heavy atom. The molecule has 0 spiro atoms. The molecule has 0 saturated heterocycles. The summed E-state index contributed by atoms with van der Waals surface area (Å²) in [6, 6.07) is 12.3. The first-order valence-corrected chi connectivity index (χ1v) is 6.66. The first-order valence-electron chi connectivity index (χ1n) is 6.66. The summed E-state index contributed by atoms with van der Waals surface area (Å²) in [5, 5.41) is 11.9. The highest BCUT2D eigenvalue weighted by Gasteiger charge is 2.30. The van der Waals surface area contributed by atoms with Crippen LogP contribution in [0.25, 0.3) is 0 Å². The number of amides is 1. The Kier molecular flexibility index (Phi) is 5.57. The van der Waals surface area contributed by atoms with Crippen molar-refractivity contribution in [3.8, 4) is 6.07 Å². The van der Waals surface area contributed by atoms with E-state index in [1.54, 1.807) is 0 Å². The SMILES string of the molecule is CC(C)(C)[C@H](C#N)C(=O)NCCCc1ccccc1. The number of nitriles is 1. The molecule has 0 bridgehead atoms. The molecular weight excluding hydrogens is 236 g/mol. The van der Waals surface area contributed by atoms with E-state index in [0.717, 1.165) is 12.8 Å². The zero-order chi connectivity index (χ0) is 14.3. The first-order chi connectivity index (χ1) is 8.95. The highest BCUT2D eigenvalue weighted by atomic mass is 16.1. The van der Waals surface area contributed by atoms with Crippen molar-refractivity contribution in [1.29, 1.82) is 5.26 Å². The van der Waals surface area contributed by atoms with Crippen LogP contribution in [-0.4, -0.2) is 12.5 Å². The number of hydrogen-bond acceptors (Lipinski definition) is 2. The van der Waals surface area contributed by atoms with Crippen molar-refractivity contribution in [1.82, 2.24) is 5.32 Å². The van der Waals surface area contributed by atoms with E-state index >= 15 is 0 Å². The van der Waals surface area contributed by atoms with Gasteiger partial charge in [0.2, 0.25) is 5.91 Å². The molecule has 19 heavy (non-hydrogen) atoms.